The van der Waals surface area contributed by atoms with E-state index in [0.29, 0.717) is 6.42 Å². The molecule has 242 valence electrons. The summed E-state index contributed by atoms with van der Waals surface area (Å²) < 4.78 is 0. The zero-order valence-electron chi connectivity index (χ0n) is 30.0. The largest absolute Gasteiger partial charge is 1.00 e. The Morgan fingerprint density at radius 1 is 0.714 bits per heavy atom. The molecule has 0 aromatic heterocycles. The van der Waals surface area contributed by atoms with Crippen LogP contribution < -0.4 is 85.7 Å². The van der Waals surface area contributed by atoms with Gasteiger partial charge in [-0.05, 0) is 40.8 Å². The number of urea groups is 2. The molecule has 49 heavy (non-hydrogen) atoms. The number of benzene rings is 4. The van der Waals surface area contributed by atoms with Crippen molar-refractivity contribution in [2.45, 2.75) is 32.2 Å². The topological polar surface area (TPSA) is 151 Å². The third kappa shape index (κ3) is 8.41. The normalized spacial score (nSPS) is 17.8. The number of amides is 7. The quantitative estimate of drug-likeness (QED) is 0.135. The summed E-state index contributed by atoms with van der Waals surface area (Å²) in [5.74, 6) is -0.621. The van der Waals surface area contributed by atoms with Gasteiger partial charge in [-0.3, -0.25) is 29.9 Å². The van der Waals surface area contributed by atoms with E-state index in [1.54, 1.807) is 4.90 Å². The second-order valence-corrected chi connectivity index (χ2v) is 11.5. The predicted octanol–water partition coefficient (Wildman–Crippen LogP) is -0.161. The summed E-state index contributed by atoms with van der Waals surface area (Å²) in [6, 6.07) is 32.9. The van der Waals surface area contributed by atoms with Gasteiger partial charge in [-0.25, -0.2) is 9.59 Å². The molecule has 5 N–H and O–H groups in total. The molecule has 4 aromatic rings. The molecule has 1 atom stereocenters. The van der Waals surface area contributed by atoms with Crippen molar-refractivity contribution in [1.82, 2.24) is 16.0 Å². The first-order chi connectivity index (χ1) is 22.6. The van der Waals surface area contributed by atoms with E-state index in [2.05, 4.69) is 16.0 Å². The van der Waals surface area contributed by atoms with E-state index in [0.717, 1.165) is 40.0 Å². The van der Waals surface area contributed by atoms with Crippen molar-refractivity contribution in [2.24, 2.45) is 11.1 Å². The van der Waals surface area contributed by atoms with Gasteiger partial charge in [0.15, 0.2) is 5.54 Å². The maximum atomic E-state index is 12.3. The van der Waals surface area contributed by atoms with E-state index in [9.17, 15) is 24.0 Å². The second kappa shape index (κ2) is 17.1. The summed E-state index contributed by atoms with van der Waals surface area (Å²) in [7, 11) is 0. The maximum absolute atomic E-state index is 12.3. The Bertz CT molecular complexity index is 1790. The molecule has 12 heteroatoms. The second-order valence-electron chi connectivity index (χ2n) is 11.5. The van der Waals surface area contributed by atoms with Gasteiger partial charge in [0.1, 0.15) is 0 Å². The Labute approximate surface area is 332 Å². The summed E-state index contributed by atoms with van der Waals surface area (Å²) in [4.78, 5) is 58.9. The summed E-state index contributed by atoms with van der Waals surface area (Å²) in [5, 5.41) is 7.35. The SMILES string of the molecule is CCC1(C)CC(=O)NC1=O.NC(=O)N1c2ccccc2C=Cc2ccccc21.O=C1NC(=O)C(c2ccccc2)(c2ccccc2)N1.[H-].[H-].[Na+].[Na+]. The van der Waals surface area contributed by atoms with Crippen LogP contribution in [0.1, 0.15) is 51.8 Å². The molecule has 0 aliphatic carbocycles. The number of nitrogens with one attached hydrogen (secondary N) is 3. The van der Waals surface area contributed by atoms with Gasteiger partial charge in [0.2, 0.25) is 11.8 Å². The fourth-order valence-corrected chi connectivity index (χ4v) is 5.66. The molecule has 0 spiro atoms. The maximum Gasteiger partial charge on any atom is 1.00 e. The van der Waals surface area contributed by atoms with E-state index < -0.39 is 23.0 Å². The number of hydrogen-bond donors (Lipinski definition) is 4. The van der Waals surface area contributed by atoms with Crippen molar-refractivity contribution in [3.63, 3.8) is 0 Å². The first-order valence-electron chi connectivity index (χ1n) is 15.1. The van der Waals surface area contributed by atoms with Crippen LogP contribution in [0.4, 0.5) is 21.0 Å². The van der Waals surface area contributed by atoms with E-state index in [4.69, 9.17) is 5.73 Å². The number of rotatable bonds is 3. The number of fused-ring (bicyclic) bond motifs is 2. The molecule has 3 aliphatic heterocycles. The number of nitrogens with zero attached hydrogens (tertiary/aromatic N) is 1. The van der Waals surface area contributed by atoms with Crippen LogP contribution in [-0.4, -0.2) is 29.8 Å². The van der Waals surface area contributed by atoms with Crippen molar-refractivity contribution < 1.29 is 85.9 Å². The van der Waals surface area contributed by atoms with Crippen LogP contribution in [0.15, 0.2) is 109 Å². The molecule has 0 saturated carbocycles. The summed E-state index contributed by atoms with van der Waals surface area (Å²) in [5.41, 5.74) is 9.01. The molecule has 10 nitrogen and oxygen atoms in total. The monoisotopic (exact) mass is 677 g/mol. The van der Waals surface area contributed by atoms with Crippen LogP contribution in [0.2, 0.25) is 0 Å². The van der Waals surface area contributed by atoms with Crippen LogP contribution >= 0.6 is 0 Å². The molecule has 7 amide bonds. The van der Waals surface area contributed by atoms with Gasteiger partial charge in [-0.1, -0.05) is 123 Å². The number of hydrogen-bond acceptors (Lipinski definition) is 5. The molecule has 1 unspecified atom stereocenters. The third-order valence-corrected chi connectivity index (χ3v) is 8.43. The van der Waals surface area contributed by atoms with Gasteiger partial charge in [0.05, 0.1) is 16.8 Å². The predicted molar refractivity (Wildman–Crippen MR) is 182 cm³/mol. The minimum absolute atomic E-state index is 0. The molecule has 3 aliphatic rings. The van der Waals surface area contributed by atoms with Crippen molar-refractivity contribution in [1.29, 1.82) is 0 Å². The van der Waals surface area contributed by atoms with Crippen molar-refractivity contribution in [3.8, 4) is 0 Å². The number of primary amides is 1. The number of carbonyl (C=O) groups excluding carboxylic acids is 5. The van der Waals surface area contributed by atoms with Crippen LogP contribution in [0.25, 0.3) is 12.2 Å². The minimum atomic E-state index is -1.14. The Balaban J connectivity index is 0.000000384. The molecule has 0 radical (unpaired) electrons. The molecule has 2 saturated heterocycles. The molecular weight excluding hydrogens is 640 g/mol. The summed E-state index contributed by atoms with van der Waals surface area (Å²) in [6.07, 6.45) is 5.07. The van der Waals surface area contributed by atoms with Gasteiger partial charge in [-0.2, -0.15) is 0 Å². The number of nitrogens with two attached hydrogens (primary N) is 1. The zero-order valence-corrected chi connectivity index (χ0v) is 32.0. The Hall–Kier alpha value is -4.03. The van der Waals surface area contributed by atoms with Crippen molar-refractivity contribution in [3.05, 3.63) is 131 Å². The average Bonchev–Trinajstić information content (AvgIpc) is 3.46. The molecule has 7 rings (SSSR count). The van der Waals surface area contributed by atoms with Crippen LogP contribution in [0, 0.1) is 5.41 Å². The summed E-state index contributed by atoms with van der Waals surface area (Å²) in [6.45, 7) is 3.73. The van der Waals surface area contributed by atoms with Crippen molar-refractivity contribution in [2.75, 3.05) is 4.90 Å². The average molecular weight is 678 g/mol. The molecular formula is C37H37N5Na2O5. The molecule has 2 fully saturated rings. The van der Waals surface area contributed by atoms with E-state index in [1.165, 1.54) is 0 Å². The fraction of sp³-hybridized carbons (Fsp3) is 0.162. The van der Waals surface area contributed by atoms with Gasteiger partial charge in [0.25, 0.3) is 5.91 Å². The smallest absolute Gasteiger partial charge is 1.00 e. The van der Waals surface area contributed by atoms with E-state index >= 15 is 0 Å². The first kappa shape index (κ1) is 39.4. The van der Waals surface area contributed by atoms with Crippen molar-refractivity contribution >= 4 is 53.3 Å². The fourth-order valence-electron chi connectivity index (χ4n) is 5.66. The van der Waals surface area contributed by atoms with Gasteiger partial charge in [0, 0.05) is 6.42 Å². The Kier molecular flexibility index (Phi) is 13.7. The van der Waals surface area contributed by atoms with Crippen LogP contribution in [0.5, 0.6) is 0 Å². The van der Waals surface area contributed by atoms with Crippen LogP contribution in [-0.2, 0) is 19.9 Å². The zero-order chi connectivity index (χ0) is 33.6. The third-order valence-electron chi connectivity index (χ3n) is 8.43. The van der Waals surface area contributed by atoms with Gasteiger partial charge >= 0.3 is 71.2 Å². The first-order valence-corrected chi connectivity index (χ1v) is 15.1. The van der Waals surface area contributed by atoms with Crippen LogP contribution in [0.3, 0.4) is 0 Å². The minimum Gasteiger partial charge on any atom is -1.00 e. The molecule has 3 heterocycles. The Morgan fingerprint density at radius 3 is 1.51 bits per heavy atom. The van der Waals surface area contributed by atoms with Gasteiger partial charge in [-0.15, -0.1) is 0 Å². The van der Waals surface area contributed by atoms with E-state index in [1.807, 2.05) is 135 Å². The Morgan fingerprint density at radius 2 is 1.16 bits per heavy atom. The van der Waals surface area contributed by atoms with Gasteiger partial charge < -0.3 is 13.9 Å². The van der Waals surface area contributed by atoms with E-state index in [-0.39, 0.29) is 79.7 Å². The number of para-hydroxylation sites is 2. The molecule has 4 aromatic carbocycles. The number of carbonyl (C=O) groups is 5. The number of imide groups is 2. The standard InChI is InChI=1S/C15H12N2O2.C15H12N2O.C7H11NO2.2Na.2H/c18-13-15(17-14(19)16-13,11-7-3-1-4-8-11)12-9-5-2-6-10-12;16-15(18)17-13-7-3-1-5-11(13)9-10-12-6-2-4-8-14(12)17;1-3-7(2)4-5(9)8-6(7)10;;;;/h1-10H,(H2,16,17,18,19);1-10H,(H2,16,18);3-4H2,1-2H3,(H,8,9,10);;;;/q;;;2*+1;2*-1. The summed E-state index contributed by atoms with van der Waals surface area (Å²) >= 11 is 0. The molecule has 0 bridgehead atoms. The number of anilines is 2.